The van der Waals surface area contributed by atoms with Gasteiger partial charge >= 0.3 is 0 Å². The van der Waals surface area contributed by atoms with Gasteiger partial charge in [-0.1, -0.05) is 24.3 Å². The minimum absolute atomic E-state index is 0.00399. The summed E-state index contributed by atoms with van der Waals surface area (Å²) < 4.78 is 1.69. The maximum atomic E-state index is 12.6. The fourth-order valence-electron chi connectivity index (χ4n) is 3.03. The zero-order valence-electron chi connectivity index (χ0n) is 15.8. The minimum Gasteiger partial charge on any atom is -0.310 e. The van der Waals surface area contributed by atoms with Crippen molar-refractivity contribution in [1.29, 1.82) is 0 Å². The number of aromatic nitrogens is 3. The van der Waals surface area contributed by atoms with Crippen molar-refractivity contribution < 1.29 is 9.72 Å². The van der Waals surface area contributed by atoms with E-state index in [1.807, 2.05) is 30.3 Å². The van der Waals surface area contributed by atoms with Gasteiger partial charge in [0.25, 0.3) is 5.69 Å². The first-order valence-electron chi connectivity index (χ1n) is 9.20. The van der Waals surface area contributed by atoms with Crippen LogP contribution in [0.25, 0.3) is 16.9 Å². The number of nitro groups is 1. The van der Waals surface area contributed by atoms with Gasteiger partial charge in [-0.15, -0.1) is 0 Å². The molecule has 0 fully saturated rings. The monoisotopic (exact) mass is 399 g/mol. The minimum atomic E-state index is -0.451. The molecular weight excluding hydrogens is 382 g/mol. The molecule has 4 rings (SSSR count). The molecule has 0 spiro atoms. The molecule has 2 aromatic carbocycles. The summed E-state index contributed by atoms with van der Waals surface area (Å²) in [5.74, 6) is 0.235. The number of anilines is 1. The van der Waals surface area contributed by atoms with Crippen molar-refractivity contribution in [1.82, 2.24) is 14.8 Å². The van der Waals surface area contributed by atoms with Gasteiger partial charge in [-0.25, -0.2) is 9.67 Å². The average molecular weight is 399 g/mol. The normalized spacial score (nSPS) is 10.5. The molecule has 1 N–H and O–H groups in total. The van der Waals surface area contributed by atoms with Crippen LogP contribution in [0.15, 0.2) is 85.2 Å². The van der Waals surface area contributed by atoms with E-state index in [9.17, 15) is 14.9 Å². The van der Waals surface area contributed by atoms with Gasteiger partial charge in [-0.05, 0) is 36.4 Å². The number of nitrogens with zero attached hydrogens (tertiary/aromatic N) is 4. The molecule has 0 saturated heterocycles. The SMILES string of the molecule is O=C(Cc1cn(-c2ccccc2)nc1-c1ccc([N+](=O)[O-])cc1)Nc1ccccn1. The molecule has 30 heavy (non-hydrogen) atoms. The highest BCUT2D eigenvalue weighted by molar-refractivity contribution is 5.92. The van der Waals surface area contributed by atoms with Crippen LogP contribution in [-0.4, -0.2) is 25.6 Å². The molecule has 148 valence electrons. The molecule has 1 amide bonds. The topological polar surface area (TPSA) is 103 Å². The molecule has 0 aliphatic heterocycles. The summed E-state index contributed by atoms with van der Waals surface area (Å²) in [5.41, 5.74) is 2.81. The summed E-state index contributed by atoms with van der Waals surface area (Å²) in [7, 11) is 0. The lowest BCUT2D eigenvalue weighted by Gasteiger charge is -2.04. The van der Waals surface area contributed by atoms with Crippen LogP contribution in [0.4, 0.5) is 11.5 Å². The Kier molecular flexibility index (Phi) is 5.29. The number of amides is 1. The van der Waals surface area contributed by atoms with E-state index in [1.54, 1.807) is 47.4 Å². The van der Waals surface area contributed by atoms with Crippen LogP contribution < -0.4 is 5.32 Å². The van der Waals surface area contributed by atoms with E-state index in [2.05, 4.69) is 15.4 Å². The van der Waals surface area contributed by atoms with Crippen molar-refractivity contribution in [3.8, 4) is 16.9 Å². The number of pyridine rings is 1. The van der Waals surface area contributed by atoms with Crippen LogP contribution >= 0.6 is 0 Å². The van der Waals surface area contributed by atoms with Gasteiger partial charge in [-0.2, -0.15) is 5.10 Å². The Bertz CT molecular complexity index is 1170. The lowest BCUT2D eigenvalue weighted by molar-refractivity contribution is -0.384. The number of nitrogens with one attached hydrogen (secondary N) is 1. The molecule has 0 atom stereocenters. The highest BCUT2D eigenvalue weighted by Crippen LogP contribution is 2.26. The predicted octanol–water partition coefficient (Wildman–Crippen LogP) is 4.02. The number of carbonyl (C=O) groups is 1. The number of nitro benzene ring substituents is 1. The van der Waals surface area contributed by atoms with Gasteiger partial charge < -0.3 is 5.32 Å². The summed E-state index contributed by atoms with van der Waals surface area (Å²) in [6.07, 6.45) is 3.48. The number of non-ortho nitro benzene ring substituents is 1. The van der Waals surface area contributed by atoms with Gasteiger partial charge in [0.15, 0.2) is 0 Å². The molecule has 0 aliphatic carbocycles. The zero-order chi connectivity index (χ0) is 20.9. The van der Waals surface area contributed by atoms with Gasteiger partial charge in [0.1, 0.15) is 5.82 Å². The first-order chi connectivity index (χ1) is 14.6. The van der Waals surface area contributed by atoms with Gasteiger partial charge in [0.05, 0.1) is 22.7 Å². The number of para-hydroxylation sites is 1. The highest BCUT2D eigenvalue weighted by atomic mass is 16.6. The zero-order valence-corrected chi connectivity index (χ0v) is 15.8. The molecule has 0 unspecified atom stereocenters. The Hall–Kier alpha value is -4.33. The number of benzene rings is 2. The van der Waals surface area contributed by atoms with Crippen LogP contribution in [-0.2, 0) is 11.2 Å². The van der Waals surface area contributed by atoms with Crippen LogP contribution in [0.3, 0.4) is 0 Å². The van der Waals surface area contributed by atoms with Crippen molar-refractivity contribution in [2.75, 3.05) is 5.32 Å². The van der Waals surface area contributed by atoms with Crippen LogP contribution in [0.2, 0.25) is 0 Å². The summed E-state index contributed by atoms with van der Waals surface area (Å²) in [6, 6.07) is 20.9. The lowest BCUT2D eigenvalue weighted by atomic mass is 10.1. The van der Waals surface area contributed by atoms with Crippen molar-refractivity contribution >= 4 is 17.4 Å². The van der Waals surface area contributed by atoms with Crippen molar-refractivity contribution in [2.24, 2.45) is 0 Å². The Labute approximate surface area is 172 Å². The fourth-order valence-corrected chi connectivity index (χ4v) is 3.03. The van der Waals surface area contributed by atoms with E-state index < -0.39 is 4.92 Å². The Balaban J connectivity index is 1.67. The van der Waals surface area contributed by atoms with E-state index in [1.165, 1.54) is 12.1 Å². The Morgan fingerprint density at radius 3 is 2.40 bits per heavy atom. The van der Waals surface area contributed by atoms with Gasteiger partial charge in [0.2, 0.25) is 5.91 Å². The summed E-state index contributed by atoms with van der Waals surface area (Å²) >= 11 is 0. The Morgan fingerprint density at radius 1 is 1.00 bits per heavy atom. The van der Waals surface area contributed by atoms with E-state index in [0.717, 1.165) is 5.69 Å². The van der Waals surface area contributed by atoms with Crippen molar-refractivity contribution in [3.05, 3.63) is 101 Å². The molecule has 2 aromatic heterocycles. The maximum Gasteiger partial charge on any atom is 0.269 e. The number of hydrogen-bond donors (Lipinski definition) is 1. The first kappa shape index (κ1) is 19.0. The number of hydrogen-bond acceptors (Lipinski definition) is 5. The molecular formula is C22H17N5O3. The van der Waals surface area contributed by atoms with E-state index in [0.29, 0.717) is 22.6 Å². The molecule has 8 nitrogen and oxygen atoms in total. The molecule has 0 radical (unpaired) electrons. The summed E-state index contributed by atoms with van der Waals surface area (Å²) in [4.78, 5) is 27.2. The smallest absolute Gasteiger partial charge is 0.269 e. The number of rotatable bonds is 6. The molecule has 0 aliphatic rings. The summed E-state index contributed by atoms with van der Waals surface area (Å²) in [6.45, 7) is 0. The van der Waals surface area contributed by atoms with Gasteiger partial charge in [-0.3, -0.25) is 14.9 Å². The second kappa shape index (κ2) is 8.36. The third-order valence-electron chi connectivity index (χ3n) is 4.45. The highest BCUT2D eigenvalue weighted by Gasteiger charge is 2.17. The van der Waals surface area contributed by atoms with E-state index >= 15 is 0 Å². The molecule has 4 aromatic rings. The molecule has 8 heteroatoms. The largest absolute Gasteiger partial charge is 0.310 e. The lowest BCUT2D eigenvalue weighted by Crippen LogP contribution is -2.15. The standard InChI is InChI=1S/C22H17N5O3/c28-21(24-20-8-4-5-13-23-20)14-17-15-26(18-6-2-1-3-7-18)25-22(17)16-9-11-19(12-10-16)27(29)30/h1-13,15H,14H2,(H,23,24,28). The van der Waals surface area contributed by atoms with Crippen LogP contribution in [0.1, 0.15) is 5.56 Å². The third-order valence-corrected chi connectivity index (χ3v) is 4.45. The molecule has 0 saturated carbocycles. The van der Waals surface area contributed by atoms with Crippen molar-refractivity contribution in [2.45, 2.75) is 6.42 Å². The Morgan fingerprint density at radius 2 is 1.73 bits per heavy atom. The average Bonchev–Trinajstić information content (AvgIpc) is 3.18. The first-order valence-corrected chi connectivity index (χ1v) is 9.20. The third kappa shape index (κ3) is 4.22. The number of carbonyl (C=O) groups excluding carboxylic acids is 1. The van der Waals surface area contributed by atoms with Crippen LogP contribution in [0, 0.1) is 10.1 Å². The van der Waals surface area contributed by atoms with Gasteiger partial charge in [0, 0.05) is 35.7 Å². The predicted molar refractivity (Wildman–Crippen MR) is 112 cm³/mol. The second-order valence-corrected chi connectivity index (χ2v) is 6.53. The van der Waals surface area contributed by atoms with Crippen LogP contribution in [0.5, 0.6) is 0 Å². The summed E-state index contributed by atoms with van der Waals surface area (Å²) in [5, 5.41) is 18.4. The molecule has 2 heterocycles. The maximum absolute atomic E-state index is 12.6. The second-order valence-electron chi connectivity index (χ2n) is 6.53. The quantitative estimate of drug-likeness (QED) is 0.390. The molecule has 0 bridgehead atoms. The van der Waals surface area contributed by atoms with Crippen molar-refractivity contribution in [3.63, 3.8) is 0 Å². The van der Waals surface area contributed by atoms with E-state index in [4.69, 9.17) is 0 Å². The fraction of sp³-hybridized carbons (Fsp3) is 0.0455. The van der Waals surface area contributed by atoms with E-state index in [-0.39, 0.29) is 18.0 Å².